The fraction of sp³-hybridized carbons (Fsp3) is 0.385. The van der Waals surface area contributed by atoms with Crippen molar-refractivity contribution in [2.45, 2.75) is 25.2 Å². The highest BCUT2D eigenvalue weighted by atomic mass is 32.2. The van der Waals surface area contributed by atoms with Crippen LogP contribution in [0, 0.1) is 6.92 Å². The molecule has 6 heteroatoms. The second-order valence-corrected chi connectivity index (χ2v) is 5.10. The van der Waals surface area contributed by atoms with E-state index >= 15 is 0 Å². The number of carbonyl (C=O) groups is 2. The van der Waals surface area contributed by atoms with Crippen LogP contribution in [0.4, 0.5) is 10.5 Å². The summed E-state index contributed by atoms with van der Waals surface area (Å²) in [6.45, 7) is 4.41. The fourth-order valence-corrected chi connectivity index (χ4v) is 2.22. The number of para-hydroxylation sites is 1. The third-order valence-corrected chi connectivity index (χ3v) is 3.50. The predicted octanol–water partition coefficient (Wildman–Crippen LogP) is 1.91. The Morgan fingerprint density at radius 2 is 2.11 bits per heavy atom. The number of nitrogen functional groups attached to an aromatic ring is 1. The van der Waals surface area contributed by atoms with Gasteiger partial charge in [0.15, 0.2) is 0 Å². The Morgan fingerprint density at radius 3 is 2.79 bits per heavy atom. The van der Waals surface area contributed by atoms with Crippen molar-refractivity contribution < 1.29 is 9.59 Å². The van der Waals surface area contributed by atoms with Gasteiger partial charge in [-0.1, -0.05) is 19.1 Å². The number of urea groups is 1. The van der Waals surface area contributed by atoms with E-state index in [1.54, 1.807) is 0 Å². The van der Waals surface area contributed by atoms with Crippen molar-refractivity contribution in [1.82, 2.24) is 10.6 Å². The van der Waals surface area contributed by atoms with Crippen LogP contribution in [-0.4, -0.2) is 24.2 Å². The van der Waals surface area contributed by atoms with Crippen LogP contribution in [0.25, 0.3) is 0 Å². The average Bonchev–Trinajstić information content (AvgIpc) is 2.38. The number of hydrogen-bond acceptors (Lipinski definition) is 4. The summed E-state index contributed by atoms with van der Waals surface area (Å²) in [5.74, 6) is -0.174. The Labute approximate surface area is 117 Å². The Bertz CT molecular complexity index is 463. The van der Waals surface area contributed by atoms with Gasteiger partial charge in [0.2, 0.25) is 5.91 Å². The van der Waals surface area contributed by atoms with Gasteiger partial charge in [-0.25, -0.2) is 4.79 Å². The molecule has 0 aliphatic rings. The van der Waals surface area contributed by atoms with Crippen LogP contribution in [-0.2, 0) is 4.79 Å². The Kier molecular flexibility index (Phi) is 6.21. The van der Waals surface area contributed by atoms with Crippen molar-refractivity contribution in [1.29, 1.82) is 0 Å². The van der Waals surface area contributed by atoms with Crippen molar-refractivity contribution in [3.63, 3.8) is 0 Å². The van der Waals surface area contributed by atoms with Gasteiger partial charge in [-0.05, 0) is 25.0 Å². The van der Waals surface area contributed by atoms with Crippen molar-refractivity contribution in [2.75, 3.05) is 18.0 Å². The molecule has 0 unspecified atom stereocenters. The van der Waals surface area contributed by atoms with Gasteiger partial charge in [0.25, 0.3) is 0 Å². The van der Waals surface area contributed by atoms with E-state index in [9.17, 15) is 9.59 Å². The molecule has 5 nitrogen and oxygen atoms in total. The minimum atomic E-state index is -0.454. The lowest BCUT2D eigenvalue weighted by atomic mass is 10.2. The average molecular weight is 281 g/mol. The topological polar surface area (TPSA) is 84.2 Å². The van der Waals surface area contributed by atoms with E-state index in [1.165, 1.54) is 11.8 Å². The van der Waals surface area contributed by atoms with Gasteiger partial charge in [-0.3, -0.25) is 10.1 Å². The summed E-state index contributed by atoms with van der Waals surface area (Å²) in [6.07, 6.45) is 0.830. The molecule has 0 saturated carbocycles. The van der Waals surface area contributed by atoms with Gasteiger partial charge in [-0.2, -0.15) is 0 Å². The maximum absolute atomic E-state index is 11.6. The van der Waals surface area contributed by atoms with Crippen molar-refractivity contribution >= 4 is 29.4 Å². The minimum absolute atomic E-state index is 0.160. The molecule has 0 spiro atoms. The number of amides is 3. The number of nitrogens with two attached hydrogens (primary N) is 1. The number of benzene rings is 1. The Balaban J connectivity index is 2.42. The number of rotatable bonds is 5. The molecule has 0 bridgehead atoms. The molecule has 0 heterocycles. The van der Waals surface area contributed by atoms with Gasteiger partial charge in [0.05, 0.1) is 5.75 Å². The maximum Gasteiger partial charge on any atom is 0.321 e. The van der Waals surface area contributed by atoms with Crippen LogP contribution in [0.3, 0.4) is 0 Å². The van der Waals surface area contributed by atoms with Gasteiger partial charge in [0.1, 0.15) is 0 Å². The summed E-state index contributed by atoms with van der Waals surface area (Å²) in [7, 11) is 0. The number of thioether (sulfide) groups is 1. The first kappa shape index (κ1) is 15.4. The minimum Gasteiger partial charge on any atom is -0.398 e. The molecule has 0 aliphatic heterocycles. The van der Waals surface area contributed by atoms with Crippen LogP contribution in [0.2, 0.25) is 0 Å². The van der Waals surface area contributed by atoms with Crippen molar-refractivity contribution in [3.05, 3.63) is 23.8 Å². The van der Waals surface area contributed by atoms with E-state index < -0.39 is 6.03 Å². The highest BCUT2D eigenvalue weighted by molar-refractivity contribution is 8.00. The quantitative estimate of drug-likeness (QED) is 0.568. The molecule has 0 aromatic heterocycles. The summed E-state index contributed by atoms with van der Waals surface area (Å²) in [5, 5.41) is 4.85. The molecule has 104 valence electrons. The molecule has 19 heavy (non-hydrogen) atoms. The van der Waals surface area contributed by atoms with Crippen molar-refractivity contribution in [3.8, 4) is 0 Å². The van der Waals surface area contributed by atoms with Crippen LogP contribution >= 0.6 is 11.8 Å². The first-order chi connectivity index (χ1) is 9.04. The van der Waals surface area contributed by atoms with E-state index in [4.69, 9.17) is 5.73 Å². The van der Waals surface area contributed by atoms with E-state index in [0.717, 1.165) is 16.9 Å². The predicted molar refractivity (Wildman–Crippen MR) is 78.1 cm³/mol. The smallest absolute Gasteiger partial charge is 0.321 e. The molecule has 1 rings (SSSR count). The fourth-order valence-electron chi connectivity index (χ4n) is 1.37. The standard InChI is InChI=1S/C13H19N3O2S/c1-3-7-15-13(18)16-11(17)8-19-10-6-4-5-9(2)12(10)14/h4-6H,3,7-8,14H2,1-2H3,(H2,15,16,17,18). The van der Waals surface area contributed by atoms with E-state index in [1.807, 2.05) is 32.0 Å². The third-order valence-electron chi connectivity index (χ3n) is 2.43. The Morgan fingerprint density at radius 1 is 1.37 bits per heavy atom. The summed E-state index contributed by atoms with van der Waals surface area (Å²) < 4.78 is 0. The second kappa shape index (κ2) is 7.68. The zero-order valence-corrected chi connectivity index (χ0v) is 12.0. The van der Waals surface area contributed by atoms with E-state index in [2.05, 4.69) is 10.6 Å². The van der Waals surface area contributed by atoms with Crippen LogP contribution in [0.1, 0.15) is 18.9 Å². The molecule has 3 amide bonds. The lowest BCUT2D eigenvalue weighted by Crippen LogP contribution is -2.40. The van der Waals surface area contributed by atoms with E-state index in [0.29, 0.717) is 12.2 Å². The monoisotopic (exact) mass is 281 g/mol. The Hall–Kier alpha value is -1.69. The van der Waals surface area contributed by atoms with Crippen LogP contribution in [0.5, 0.6) is 0 Å². The number of anilines is 1. The summed E-state index contributed by atoms with van der Waals surface area (Å²) in [6, 6.07) is 5.21. The zero-order valence-electron chi connectivity index (χ0n) is 11.2. The highest BCUT2D eigenvalue weighted by Crippen LogP contribution is 2.26. The normalized spacial score (nSPS) is 10.0. The van der Waals surface area contributed by atoms with Gasteiger partial charge in [0, 0.05) is 17.1 Å². The maximum atomic E-state index is 11.6. The molecule has 0 radical (unpaired) electrons. The van der Waals surface area contributed by atoms with Gasteiger partial charge in [-0.15, -0.1) is 11.8 Å². The number of aryl methyl sites for hydroxylation is 1. The number of hydrogen-bond donors (Lipinski definition) is 3. The van der Waals surface area contributed by atoms with Gasteiger partial charge >= 0.3 is 6.03 Å². The summed E-state index contributed by atoms with van der Waals surface area (Å²) in [4.78, 5) is 23.7. The van der Waals surface area contributed by atoms with Crippen molar-refractivity contribution in [2.24, 2.45) is 0 Å². The zero-order chi connectivity index (χ0) is 14.3. The number of nitrogens with one attached hydrogen (secondary N) is 2. The molecule has 0 saturated heterocycles. The number of imide groups is 1. The lowest BCUT2D eigenvalue weighted by Gasteiger charge is -2.08. The molecule has 4 N–H and O–H groups in total. The largest absolute Gasteiger partial charge is 0.398 e. The first-order valence-corrected chi connectivity index (χ1v) is 7.08. The third kappa shape index (κ3) is 5.21. The van der Waals surface area contributed by atoms with Crippen LogP contribution < -0.4 is 16.4 Å². The summed E-state index contributed by atoms with van der Waals surface area (Å²) >= 11 is 1.32. The second-order valence-electron chi connectivity index (χ2n) is 4.08. The molecular weight excluding hydrogens is 262 g/mol. The van der Waals surface area contributed by atoms with Crippen LogP contribution in [0.15, 0.2) is 23.1 Å². The molecule has 0 fully saturated rings. The first-order valence-electron chi connectivity index (χ1n) is 6.10. The molecule has 1 aromatic carbocycles. The molecule has 0 aliphatic carbocycles. The molecular formula is C13H19N3O2S. The van der Waals surface area contributed by atoms with Gasteiger partial charge < -0.3 is 11.1 Å². The number of carbonyl (C=O) groups excluding carboxylic acids is 2. The van der Waals surface area contributed by atoms with E-state index in [-0.39, 0.29) is 11.7 Å². The summed E-state index contributed by atoms with van der Waals surface area (Å²) in [5.41, 5.74) is 7.56. The lowest BCUT2D eigenvalue weighted by molar-refractivity contribution is -0.117. The molecule has 1 aromatic rings. The SMILES string of the molecule is CCCNC(=O)NC(=O)CSc1cccc(C)c1N. The molecule has 0 atom stereocenters. The highest BCUT2D eigenvalue weighted by Gasteiger charge is 2.09.